The number of likely N-dealkylation sites (tertiary alicyclic amines) is 1. The van der Waals surface area contributed by atoms with E-state index in [0.29, 0.717) is 13.0 Å². The number of phenols is 1. The second-order valence-electron chi connectivity index (χ2n) is 4.74. The molecule has 1 fully saturated rings. The molecule has 2 rings (SSSR count). The summed E-state index contributed by atoms with van der Waals surface area (Å²) in [6, 6.07) is 5.72. The highest BCUT2D eigenvalue weighted by Gasteiger charge is 2.44. The van der Waals surface area contributed by atoms with Gasteiger partial charge in [0.1, 0.15) is 5.75 Å². The summed E-state index contributed by atoms with van der Waals surface area (Å²) in [5.41, 5.74) is -0.250. The molecule has 1 atom stereocenters. The standard InChI is InChI=1S/C13H17F2NO/c1-16-8-4-5-10(9-16)13(14,15)11-6-2-3-7-12(11)17/h2-3,6-7,10,17H,4-5,8-9H2,1H3. The van der Waals surface area contributed by atoms with Crippen LogP contribution in [0.1, 0.15) is 18.4 Å². The van der Waals surface area contributed by atoms with Crippen LogP contribution < -0.4 is 0 Å². The van der Waals surface area contributed by atoms with E-state index in [0.717, 1.165) is 13.0 Å². The van der Waals surface area contributed by atoms with Crippen molar-refractivity contribution in [3.05, 3.63) is 29.8 Å². The fourth-order valence-electron chi connectivity index (χ4n) is 2.44. The molecular formula is C13H17F2NO. The number of piperidine rings is 1. The van der Waals surface area contributed by atoms with Crippen LogP contribution in [-0.4, -0.2) is 30.1 Å². The summed E-state index contributed by atoms with van der Waals surface area (Å²) in [6.45, 7) is 1.24. The van der Waals surface area contributed by atoms with Crippen molar-refractivity contribution in [3.63, 3.8) is 0 Å². The van der Waals surface area contributed by atoms with Crippen LogP contribution in [0.4, 0.5) is 8.78 Å². The van der Waals surface area contributed by atoms with E-state index in [1.54, 1.807) is 6.07 Å². The Hall–Kier alpha value is -1.16. The average Bonchev–Trinajstić information content (AvgIpc) is 2.29. The van der Waals surface area contributed by atoms with Gasteiger partial charge in [0.2, 0.25) is 0 Å². The Morgan fingerprint density at radius 1 is 1.35 bits per heavy atom. The number of alkyl halides is 2. The first-order valence-corrected chi connectivity index (χ1v) is 5.86. The lowest BCUT2D eigenvalue weighted by Gasteiger charge is -2.35. The average molecular weight is 241 g/mol. The molecule has 1 unspecified atom stereocenters. The number of phenolic OH excluding ortho intramolecular Hbond substituents is 1. The van der Waals surface area contributed by atoms with E-state index in [2.05, 4.69) is 0 Å². The van der Waals surface area contributed by atoms with Crippen molar-refractivity contribution in [1.29, 1.82) is 0 Å². The lowest BCUT2D eigenvalue weighted by atomic mass is 9.87. The summed E-state index contributed by atoms with van der Waals surface area (Å²) in [7, 11) is 1.85. The number of rotatable bonds is 2. The Balaban J connectivity index is 2.26. The smallest absolute Gasteiger partial charge is 0.280 e. The van der Waals surface area contributed by atoms with Crippen molar-refractivity contribution in [2.24, 2.45) is 5.92 Å². The zero-order valence-corrected chi connectivity index (χ0v) is 9.87. The molecule has 0 saturated carbocycles. The lowest BCUT2D eigenvalue weighted by Crippen LogP contribution is -2.40. The quantitative estimate of drug-likeness (QED) is 0.860. The molecule has 2 nitrogen and oxygen atoms in total. The van der Waals surface area contributed by atoms with Crippen LogP contribution in [0.25, 0.3) is 0 Å². The topological polar surface area (TPSA) is 23.5 Å². The maximum absolute atomic E-state index is 14.3. The number of benzene rings is 1. The third kappa shape index (κ3) is 2.41. The Morgan fingerprint density at radius 2 is 2.06 bits per heavy atom. The number of halogens is 2. The minimum atomic E-state index is -2.96. The number of hydrogen-bond acceptors (Lipinski definition) is 2. The molecular weight excluding hydrogens is 224 g/mol. The predicted octanol–water partition coefficient (Wildman–Crippen LogP) is 2.83. The van der Waals surface area contributed by atoms with Crippen molar-refractivity contribution >= 4 is 0 Å². The van der Waals surface area contributed by atoms with E-state index in [4.69, 9.17) is 0 Å². The maximum atomic E-state index is 14.3. The van der Waals surface area contributed by atoms with Gasteiger partial charge in [-0.25, -0.2) is 8.78 Å². The highest BCUT2D eigenvalue weighted by Crippen LogP contribution is 2.43. The van der Waals surface area contributed by atoms with Crippen LogP contribution in [0.5, 0.6) is 5.75 Å². The molecule has 0 amide bonds. The molecule has 1 saturated heterocycles. The molecule has 0 radical (unpaired) electrons. The second kappa shape index (κ2) is 4.61. The Labute approximate surface area is 99.9 Å². The van der Waals surface area contributed by atoms with E-state index in [1.807, 2.05) is 11.9 Å². The molecule has 0 bridgehead atoms. The van der Waals surface area contributed by atoms with Crippen molar-refractivity contribution < 1.29 is 13.9 Å². The monoisotopic (exact) mass is 241 g/mol. The number of para-hydroxylation sites is 1. The van der Waals surface area contributed by atoms with E-state index in [1.165, 1.54) is 18.2 Å². The third-order valence-corrected chi connectivity index (χ3v) is 3.40. The Morgan fingerprint density at radius 3 is 2.71 bits per heavy atom. The van der Waals surface area contributed by atoms with Gasteiger partial charge in [0.15, 0.2) is 0 Å². The SMILES string of the molecule is CN1CCCC(C(F)(F)c2ccccc2O)C1. The predicted molar refractivity (Wildman–Crippen MR) is 62.2 cm³/mol. The normalized spacial score (nSPS) is 22.6. The molecule has 94 valence electrons. The second-order valence-corrected chi connectivity index (χ2v) is 4.74. The Kier molecular flexibility index (Phi) is 3.33. The third-order valence-electron chi connectivity index (χ3n) is 3.40. The van der Waals surface area contributed by atoms with Gasteiger partial charge in [-0.15, -0.1) is 0 Å². The van der Waals surface area contributed by atoms with Gasteiger partial charge in [-0.05, 0) is 38.6 Å². The van der Waals surface area contributed by atoms with Crippen molar-refractivity contribution in [3.8, 4) is 5.75 Å². The molecule has 0 spiro atoms. The van der Waals surface area contributed by atoms with Crippen molar-refractivity contribution in [1.82, 2.24) is 4.90 Å². The van der Waals surface area contributed by atoms with Crippen LogP contribution in [0, 0.1) is 5.92 Å². The van der Waals surface area contributed by atoms with Crippen LogP contribution in [0.3, 0.4) is 0 Å². The minimum absolute atomic E-state index is 0.250. The fourth-order valence-corrected chi connectivity index (χ4v) is 2.44. The first kappa shape index (κ1) is 12.3. The van der Waals surface area contributed by atoms with Crippen LogP contribution in [0.2, 0.25) is 0 Å². The largest absolute Gasteiger partial charge is 0.507 e. The zero-order chi connectivity index (χ0) is 12.5. The summed E-state index contributed by atoms with van der Waals surface area (Å²) < 4.78 is 28.6. The van der Waals surface area contributed by atoms with E-state index >= 15 is 0 Å². The molecule has 0 aliphatic carbocycles. The van der Waals surface area contributed by atoms with E-state index < -0.39 is 11.8 Å². The van der Waals surface area contributed by atoms with Gasteiger partial charge in [-0.2, -0.15) is 0 Å². The Bertz CT molecular complexity index is 395. The van der Waals surface area contributed by atoms with Gasteiger partial charge in [-0.1, -0.05) is 12.1 Å². The van der Waals surface area contributed by atoms with Crippen LogP contribution in [0.15, 0.2) is 24.3 Å². The molecule has 1 aliphatic heterocycles. The molecule has 0 aromatic heterocycles. The van der Waals surface area contributed by atoms with Crippen molar-refractivity contribution in [2.45, 2.75) is 18.8 Å². The molecule has 1 aromatic carbocycles. The van der Waals surface area contributed by atoms with Gasteiger partial charge in [0, 0.05) is 12.5 Å². The van der Waals surface area contributed by atoms with E-state index in [9.17, 15) is 13.9 Å². The first-order valence-electron chi connectivity index (χ1n) is 5.86. The fraction of sp³-hybridized carbons (Fsp3) is 0.538. The van der Waals surface area contributed by atoms with Gasteiger partial charge in [-0.3, -0.25) is 0 Å². The summed E-state index contributed by atoms with van der Waals surface area (Å²) in [6.07, 6.45) is 1.29. The van der Waals surface area contributed by atoms with Crippen LogP contribution >= 0.6 is 0 Å². The van der Waals surface area contributed by atoms with Gasteiger partial charge < -0.3 is 10.0 Å². The summed E-state index contributed by atoms with van der Waals surface area (Å²) in [4.78, 5) is 1.92. The lowest BCUT2D eigenvalue weighted by molar-refractivity contribution is -0.0876. The molecule has 4 heteroatoms. The molecule has 17 heavy (non-hydrogen) atoms. The van der Waals surface area contributed by atoms with Gasteiger partial charge >= 0.3 is 0 Å². The van der Waals surface area contributed by atoms with Crippen molar-refractivity contribution in [2.75, 3.05) is 20.1 Å². The maximum Gasteiger partial charge on any atom is 0.280 e. The van der Waals surface area contributed by atoms with E-state index in [-0.39, 0.29) is 11.3 Å². The summed E-state index contributed by atoms with van der Waals surface area (Å²) in [5, 5.41) is 9.55. The van der Waals surface area contributed by atoms with Gasteiger partial charge in [0.25, 0.3) is 5.92 Å². The first-order chi connectivity index (χ1) is 8.01. The number of nitrogens with zero attached hydrogens (tertiary/aromatic N) is 1. The number of aromatic hydroxyl groups is 1. The highest BCUT2D eigenvalue weighted by atomic mass is 19.3. The van der Waals surface area contributed by atoms with Crippen LogP contribution in [-0.2, 0) is 5.92 Å². The summed E-state index contributed by atoms with van der Waals surface area (Å²) >= 11 is 0. The minimum Gasteiger partial charge on any atom is -0.507 e. The molecule has 1 heterocycles. The number of hydrogen-bond donors (Lipinski definition) is 1. The molecule has 1 aliphatic rings. The highest BCUT2D eigenvalue weighted by molar-refractivity contribution is 5.35. The summed E-state index contributed by atoms with van der Waals surface area (Å²) in [5.74, 6) is -3.99. The molecule has 1 aromatic rings. The zero-order valence-electron chi connectivity index (χ0n) is 9.87. The molecule has 1 N–H and O–H groups in total. The van der Waals surface area contributed by atoms with Gasteiger partial charge in [0.05, 0.1) is 5.56 Å².